The maximum Gasteiger partial charge on any atom is 0.266 e. The molecule has 1 aliphatic rings. The molecule has 3 rings (SSSR count). The Morgan fingerprint density at radius 2 is 2.00 bits per heavy atom. The smallest absolute Gasteiger partial charge is 0.266 e. The average molecular weight is 396 g/mol. The number of amides is 1. The van der Waals surface area contributed by atoms with Gasteiger partial charge in [-0.2, -0.15) is 11.8 Å². The summed E-state index contributed by atoms with van der Waals surface area (Å²) in [5.74, 6) is 1.64. The second-order valence-electron chi connectivity index (χ2n) is 6.52. The van der Waals surface area contributed by atoms with Gasteiger partial charge in [-0.3, -0.25) is 4.79 Å². The summed E-state index contributed by atoms with van der Waals surface area (Å²) in [5.41, 5.74) is -0.902. The molecule has 1 aromatic carbocycles. The molecule has 0 radical (unpaired) electrons. The van der Waals surface area contributed by atoms with Crippen LogP contribution in [0.1, 0.15) is 30.4 Å². The topological polar surface area (TPSA) is 29.5 Å². The van der Waals surface area contributed by atoms with Gasteiger partial charge in [-0.15, -0.1) is 11.3 Å². The summed E-state index contributed by atoms with van der Waals surface area (Å²) < 4.78 is 5.96. The third-order valence-electron chi connectivity index (χ3n) is 4.19. The van der Waals surface area contributed by atoms with Crippen LogP contribution in [0.2, 0.25) is 5.02 Å². The molecule has 3 nitrogen and oxygen atoms in total. The Balaban J connectivity index is 1.64. The molecule has 1 saturated heterocycles. The van der Waals surface area contributed by atoms with E-state index >= 15 is 0 Å². The molecular formula is C19H22ClNO2S2. The van der Waals surface area contributed by atoms with Crippen LogP contribution in [0.25, 0.3) is 0 Å². The van der Waals surface area contributed by atoms with Gasteiger partial charge in [0.1, 0.15) is 5.75 Å². The van der Waals surface area contributed by atoms with Crippen molar-refractivity contribution < 1.29 is 9.53 Å². The number of carbonyl (C=O) groups excluding carboxylic acids is 1. The van der Waals surface area contributed by atoms with Crippen LogP contribution in [0.5, 0.6) is 5.75 Å². The predicted octanol–water partition coefficient (Wildman–Crippen LogP) is 5.27. The minimum Gasteiger partial charge on any atom is -0.478 e. The molecule has 0 spiro atoms. The highest BCUT2D eigenvalue weighted by molar-refractivity contribution is 7.99. The fourth-order valence-electron chi connectivity index (χ4n) is 2.90. The molecule has 1 aromatic heterocycles. The van der Waals surface area contributed by atoms with E-state index in [0.29, 0.717) is 16.0 Å². The van der Waals surface area contributed by atoms with Gasteiger partial charge in [0, 0.05) is 34.0 Å². The van der Waals surface area contributed by atoms with Crippen LogP contribution in [0.15, 0.2) is 41.8 Å². The number of hydrogen-bond acceptors (Lipinski definition) is 4. The number of thioether (sulfide) groups is 1. The molecule has 0 unspecified atom stereocenters. The number of carbonyl (C=O) groups is 1. The highest BCUT2D eigenvalue weighted by Gasteiger charge is 2.35. The van der Waals surface area contributed by atoms with E-state index in [1.807, 2.05) is 30.5 Å². The van der Waals surface area contributed by atoms with E-state index in [1.54, 1.807) is 35.6 Å². The number of rotatable bonds is 4. The predicted molar refractivity (Wildman–Crippen MR) is 107 cm³/mol. The standard InChI is InChI=1S/C19H22ClNO2S2/c1-19(2,23-15-7-5-14(20)6-8-15)18(22)21-10-9-17(25-13-11-21)16-4-3-12-24-16/h3-8,12,17H,9-11,13H2,1-2H3/t17-/m0/s1. The fourth-order valence-corrected chi connectivity index (χ4v) is 5.26. The minimum atomic E-state index is -0.902. The van der Waals surface area contributed by atoms with Crippen molar-refractivity contribution >= 4 is 40.6 Å². The summed E-state index contributed by atoms with van der Waals surface area (Å²) in [7, 11) is 0. The van der Waals surface area contributed by atoms with Gasteiger partial charge in [-0.05, 0) is 56.0 Å². The van der Waals surface area contributed by atoms with Crippen LogP contribution in [-0.4, -0.2) is 35.3 Å². The zero-order valence-electron chi connectivity index (χ0n) is 14.4. The van der Waals surface area contributed by atoms with Crippen LogP contribution in [0.4, 0.5) is 0 Å². The zero-order valence-corrected chi connectivity index (χ0v) is 16.8. The number of benzene rings is 1. The summed E-state index contributed by atoms with van der Waals surface area (Å²) in [6, 6.07) is 11.4. The first-order valence-electron chi connectivity index (χ1n) is 8.35. The number of nitrogens with zero attached hydrogens (tertiary/aromatic N) is 1. The number of ether oxygens (including phenoxy) is 1. The molecule has 0 saturated carbocycles. The van der Waals surface area contributed by atoms with E-state index in [0.717, 1.165) is 25.3 Å². The van der Waals surface area contributed by atoms with Gasteiger partial charge in [0.2, 0.25) is 0 Å². The second-order valence-corrected chi connectivity index (χ2v) is 9.25. The van der Waals surface area contributed by atoms with Gasteiger partial charge in [-0.25, -0.2) is 0 Å². The summed E-state index contributed by atoms with van der Waals surface area (Å²) in [5, 5.41) is 3.26. The lowest BCUT2D eigenvalue weighted by Crippen LogP contribution is -2.49. The number of thiophene rings is 1. The van der Waals surface area contributed by atoms with Gasteiger partial charge < -0.3 is 9.64 Å². The third-order valence-corrected chi connectivity index (χ3v) is 6.89. The Morgan fingerprint density at radius 3 is 2.68 bits per heavy atom. The largest absolute Gasteiger partial charge is 0.478 e. The maximum atomic E-state index is 13.0. The highest BCUT2D eigenvalue weighted by Crippen LogP contribution is 2.37. The molecule has 6 heteroatoms. The Morgan fingerprint density at radius 1 is 1.24 bits per heavy atom. The normalized spacial score (nSPS) is 18.7. The fraction of sp³-hybridized carbons (Fsp3) is 0.421. The average Bonchev–Trinajstić information content (AvgIpc) is 3.01. The second kappa shape index (κ2) is 8.02. The van der Waals surface area contributed by atoms with E-state index in [4.69, 9.17) is 16.3 Å². The van der Waals surface area contributed by atoms with E-state index in [-0.39, 0.29) is 5.91 Å². The molecule has 0 bridgehead atoms. The lowest BCUT2D eigenvalue weighted by Gasteiger charge is -2.31. The highest BCUT2D eigenvalue weighted by atomic mass is 35.5. The van der Waals surface area contributed by atoms with E-state index in [9.17, 15) is 4.79 Å². The van der Waals surface area contributed by atoms with Gasteiger partial charge >= 0.3 is 0 Å². The van der Waals surface area contributed by atoms with Crippen molar-refractivity contribution in [1.29, 1.82) is 0 Å². The number of halogens is 1. The lowest BCUT2D eigenvalue weighted by molar-refractivity contribution is -0.145. The minimum absolute atomic E-state index is 0.0369. The van der Waals surface area contributed by atoms with Crippen molar-refractivity contribution in [3.63, 3.8) is 0 Å². The van der Waals surface area contributed by atoms with Gasteiger partial charge in [0.25, 0.3) is 5.91 Å². The van der Waals surface area contributed by atoms with Crippen LogP contribution in [-0.2, 0) is 4.79 Å². The van der Waals surface area contributed by atoms with E-state index < -0.39 is 5.60 Å². The molecule has 2 aromatic rings. The SMILES string of the molecule is CC(C)(Oc1ccc(Cl)cc1)C(=O)N1CCS[C@H](c2cccs2)CC1. The Hall–Kier alpha value is -1.17. The molecule has 1 fully saturated rings. The van der Waals surface area contributed by atoms with E-state index in [1.165, 1.54) is 4.88 Å². The Bertz CT molecular complexity index is 701. The summed E-state index contributed by atoms with van der Waals surface area (Å²) in [6.45, 7) is 5.19. The van der Waals surface area contributed by atoms with Crippen LogP contribution in [0, 0.1) is 0 Å². The molecule has 0 N–H and O–H groups in total. The van der Waals surface area contributed by atoms with Gasteiger partial charge in [0.05, 0.1) is 0 Å². The van der Waals surface area contributed by atoms with Crippen molar-refractivity contribution in [3.05, 3.63) is 51.7 Å². The third kappa shape index (κ3) is 4.72. The van der Waals surface area contributed by atoms with Gasteiger partial charge in [0.15, 0.2) is 5.60 Å². The molecule has 2 heterocycles. The van der Waals surface area contributed by atoms with Crippen molar-refractivity contribution in [3.8, 4) is 5.75 Å². The first-order valence-corrected chi connectivity index (χ1v) is 10.7. The molecule has 134 valence electrons. The van der Waals surface area contributed by atoms with Crippen molar-refractivity contribution in [2.45, 2.75) is 31.1 Å². The Kier molecular flexibility index (Phi) is 5.97. The summed E-state index contributed by atoms with van der Waals surface area (Å²) >= 11 is 9.65. The molecule has 25 heavy (non-hydrogen) atoms. The Labute approximate surface area is 162 Å². The lowest BCUT2D eigenvalue weighted by atomic mass is 10.1. The quantitative estimate of drug-likeness (QED) is 0.706. The maximum absolute atomic E-state index is 13.0. The molecule has 1 aliphatic heterocycles. The molecule has 0 aliphatic carbocycles. The van der Waals surface area contributed by atoms with Crippen molar-refractivity contribution in [2.24, 2.45) is 0 Å². The van der Waals surface area contributed by atoms with Crippen molar-refractivity contribution in [2.75, 3.05) is 18.8 Å². The van der Waals surface area contributed by atoms with Crippen LogP contribution < -0.4 is 4.74 Å². The first-order chi connectivity index (χ1) is 12.0. The van der Waals surface area contributed by atoms with E-state index in [2.05, 4.69) is 17.5 Å². The first kappa shape index (κ1) is 18.6. The molecular weight excluding hydrogens is 374 g/mol. The zero-order chi connectivity index (χ0) is 17.9. The van der Waals surface area contributed by atoms with Crippen molar-refractivity contribution in [1.82, 2.24) is 4.90 Å². The van der Waals surface area contributed by atoms with Crippen LogP contribution in [0.3, 0.4) is 0 Å². The number of hydrogen-bond donors (Lipinski definition) is 0. The van der Waals surface area contributed by atoms with Gasteiger partial charge in [-0.1, -0.05) is 17.7 Å². The molecule has 1 atom stereocenters. The summed E-state index contributed by atoms with van der Waals surface area (Å²) in [4.78, 5) is 16.3. The monoisotopic (exact) mass is 395 g/mol. The summed E-state index contributed by atoms with van der Waals surface area (Å²) in [6.07, 6.45) is 0.980. The molecule has 1 amide bonds. The van der Waals surface area contributed by atoms with Crippen LogP contribution >= 0.6 is 34.7 Å².